The lowest BCUT2D eigenvalue weighted by Gasteiger charge is -2.38. The van der Waals surface area contributed by atoms with Crippen LogP contribution in [0.3, 0.4) is 0 Å². The van der Waals surface area contributed by atoms with Gasteiger partial charge >= 0.3 is 6.61 Å². The number of piperidine rings is 1. The number of carbonyl (C=O) groups is 12. The van der Waals surface area contributed by atoms with Crippen LogP contribution >= 0.6 is 0 Å². The van der Waals surface area contributed by atoms with Gasteiger partial charge in [-0.2, -0.15) is 8.78 Å². The molecule has 0 unspecified atom stereocenters. The van der Waals surface area contributed by atoms with Crippen LogP contribution < -0.4 is 31.3 Å². The van der Waals surface area contributed by atoms with Crippen LogP contribution in [0.5, 0.6) is 5.75 Å². The number of carbonyl (C=O) groups excluding carboxylic acids is 12. The van der Waals surface area contributed by atoms with Crippen molar-refractivity contribution in [3.8, 4) is 5.75 Å². The van der Waals surface area contributed by atoms with Crippen molar-refractivity contribution in [1.82, 2.24) is 60.9 Å². The molecular formula is C75H118F2N12O15. The minimum atomic E-state index is -3.16. The van der Waals surface area contributed by atoms with Gasteiger partial charge in [-0.25, -0.2) is 0 Å². The average molecular weight is 1470 g/mol. The highest BCUT2D eigenvalue weighted by atomic mass is 19.3. The predicted molar refractivity (Wildman–Crippen MR) is 387 cm³/mol. The van der Waals surface area contributed by atoms with Crippen molar-refractivity contribution in [2.24, 2.45) is 29.6 Å². The van der Waals surface area contributed by atoms with E-state index < -0.39 is 181 Å². The second-order valence-electron chi connectivity index (χ2n) is 30.8. The average Bonchev–Trinajstić information content (AvgIpc) is 0.816. The Morgan fingerprint density at radius 2 is 1.00 bits per heavy atom. The Morgan fingerprint density at radius 1 is 0.519 bits per heavy atom. The molecule has 29 heteroatoms. The molecule has 0 spiro atoms. The number of benzene rings is 2. The Labute approximate surface area is 613 Å². The largest absolute Gasteiger partial charge is 0.435 e. The van der Waals surface area contributed by atoms with Gasteiger partial charge in [-0.05, 0) is 119 Å². The SMILES string of the molecule is CC(C)C[C@H]1C(=O)N[C@@H](COC(C)(C)C)C(=O)N(C)[C@@H](Cc2ccccc2)C(=O)N(C)[C@@H](CC(C)C)C(=O)N[C@H](C(=O)N2CCCCC2)CC(=O)N[C@H](C(C)C)C(=O)N(C)[C@@H](C(C)C)C(=O)N[C@@H](Cc2ccc(OC(F)F)cc2)C(=O)N(C)[C@@H](CC(C)C)C(=O)N[C@@H]([C@@H](C)O)C(=O)N(C)CC(=O)N1C. The first-order chi connectivity index (χ1) is 48.5. The smallest absolute Gasteiger partial charge is 0.387 e. The fourth-order valence-corrected chi connectivity index (χ4v) is 12.8. The molecule has 0 aliphatic carbocycles. The summed E-state index contributed by atoms with van der Waals surface area (Å²) < 4.78 is 37.4. The lowest BCUT2D eigenvalue weighted by atomic mass is 9.96. The monoisotopic (exact) mass is 1460 g/mol. The van der Waals surface area contributed by atoms with Crippen LogP contribution in [-0.4, -0.2) is 258 Å². The molecule has 582 valence electrons. The van der Waals surface area contributed by atoms with Crippen LogP contribution in [0.2, 0.25) is 0 Å². The minimum absolute atomic E-state index is 0.0288. The Bertz CT molecular complexity index is 3240. The van der Waals surface area contributed by atoms with Gasteiger partial charge in [0.05, 0.1) is 31.3 Å². The number of likely N-dealkylation sites (N-methyl/N-ethyl adjacent to an activating group) is 6. The molecule has 11 atom stereocenters. The third-order valence-electron chi connectivity index (χ3n) is 18.7. The summed E-state index contributed by atoms with van der Waals surface area (Å²) in [6.45, 7) is 20.2. The van der Waals surface area contributed by atoms with Crippen LogP contribution in [0.15, 0.2) is 54.6 Å². The van der Waals surface area contributed by atoms with E-state index in [-0.39, 0.29) is 55.6 Å². The van der Waals surface area contributed by atoms with E-state index in [1.165, 1.54) is 83.3 Å². The molecule has 2 aromatic rings. The van der Waals surface area contributed by atoms with Crippen LogP contribution in [0.4, 0.5) is 8.78 Å². The normalized spacial score (nSPS) is 24.7. The molecule has 2 aliphatic heterocycles. The number of halogens is 2. The molecule has 0 aromatic heterocycles. The summed E-state index contributed by atoms with van der Waals surface area (Å²) in [5.74, 6) is -12.1. The van der Waals surface area contributed by atoms with Crippen LogP contribution in [0, 0.1) is 29.6 Å². The molecule has 6 N–H and O–H groups in total. The van der Waals surface area contributed by atoms with Crippen molar-refractivity contribution in [2.45, 2.75) is 233 Å². The summed E-state index contributed by atoms with van der Waals surface area (Å²) in [6, 6.07) is -0.447. The molecule has 2 aliphatic rings. The topological polar surface area (TPSA) is 326 Å². The van der Waals surface area contributed by atoms with E-state index in [1.807, 2.05) is 27.7 Å². The molecule has 104 heavy (non-hydrogen) atoms. The molecule has 2 saturated heterocycles. The maximum Gasteiger partial charge on any atom is 0.387 e. The molecule has 27 nitrogen and oxygen atoms in total. The van der Waals surface area contributed by atoms with E-state index in [0.717, 1.165) is 26.0 Å². The standard InChI is InChI=1S/C75H118F2N12O15/c1-43(2)35-55-64(93)80-54(42-103-75(12,13)14)69(98)87(19)58(39-49-27-23-21-24-28-49)71(100)86(18)56(36-44(3)4)65(94)78-53(70(99)89-33-25-22-26-34-89)40-59(91)81-61(46(7)8)73(102)88(20)63(47(9)10)67(96)79-52(38-50-29-31-51(32-30-50)104-74(76)77)68(97)85(17)57(37-45(5)6)66(95)82-62(48(11)90)72(101)83(15)41-60(92)84(55)16/h21,23-24,27-32,43-48,52-58,61-63,74,90H,22,25-26,33-42H2,1-20H3,(H,78,94)(H,79,96)(H,80,93)(H,81,91)(H,82,95)/t48-,52+,53+,54+,55+,56+,57+,58+,61-,62+,63+/m1/s1. The third-order valence-corrected chi connectivity index (χ3v) is 18.7. The zero-order chi connectivity index (χ0) is 78.5. The van der Waals surface area contributed by atoms with Crippen molar-refractivity contribution in [1.29, 1.82) is 0 Å². The lowest BCUT2D eigenvalue weighted by molar-refractivity contribution is -0.151. The van der Waals surface area contributed by atoms with Gasteiger partial charge in [0.15, 0.2) is 0 Å². The van der Waals surface area contributed by atoms with Crippen LogP contribution in [0.25, 0.3) is 0 Å². The third kappa shape index (κ3) is 26.1. The maximum absolute atomic E-state index is 15.6. The number of aliphatic hydroxyl groups is 1. The summed E-state index contributed by atoms with van der Waals surface area (Å²) in [5, 5.41) is 25.1. The highest BCUT2D eigenvalue weighted by Gasteiger charge is 2.44. The van der Waals surface area contributed by atoms with Gasteiger partial charge in [-0.3, -0.25) is 57.5 Å². The van der Waals surface area contributed by atoms with Gasteiger partial charge in [0, 0.05) is 68.2 Å². The summed E-state index contributed by atoms with van der Waals surface area (Å²) in [4.78, 5) is 188. The first-order valence-electron chi connectivity index (χ1n) is 36.2. The van der Waals surface area contributed by atoms with Gasteiger partial charge in [0.2, 0.25) is 70.9 Å². The van der Waals surface area contributed by atoms with Crippen molar-refractivity contribution >= 4 is 70.9 Å². The van der Waals surface area contributed by atoms with Crippen molar-refractivity contribution in [3.05, 3.63) is 65.7 Å². The van der Waals surface area contributed by atoms with Gasteiger partial charge in [0.1, 0.15) is 66.2 Å². The van der Waals surface area contributed by atoms with Crippen LogP contribution in [0.1, 0.15) is 153 Å². The van der Waals surface area contributed by atoms with E-state index in [1.54, 1.807) is 97.5 Å². The second kappa shape index (κ2) is 40.2. The number of rotatable bonds is 18. The number of alkyl halides is 2. The number of nitrogens with one attached hydrogen (secondary N) is 5. The predicted octanol–water partition coefficient (Wildman–Crippen LogP) is 4.15. The van der Waals surface area contributed by atoms with E-state index in [9.17, 15) is 42.7 Å². The summed E-state index contributed by atoms with van der Waals surface area (Å²) in [5.41, 5.74) is 0.0684. The summed E-state index contributed by atoms with van der Waals surface area (Å²) in [7, 11) is 8.03. The molecule has 0 bridgehead atoms. The first kappa shape index (κ1) is 88.1. The second-order valence-corrected chi connectivity index (χ2v) is 30.8. The Kier molecular flexibility index (Phi) is 34.1. The molecular weight excluding hydrogens is 1350 g/mol. The highest BCUT2D eigenvalue weighted by Crippen LogP contribution is 2.25. The number of amides is 12. The van der Waals surface area contributed by atoms with Gasteiger partial charge < -0.3 is 75.5 Å². The fourth-order valence-electron chi connectivity index (χ4n) is 12.8. The lowest BCUT2D eigenvalue weighted by Crippen LogP contribution is -2.62. The summed E-state index contributed by atoms with van der Waals surface area (Å²) in [6.07, 6.45) is -0.579. The van der Waals surface area contributed by atoms with Gasteiger partial charge in [0.25, 0.3) is 0 Å². The molecule has 2 heterocycles. The zero-order valence-corrected chi connectivity index (χ0v) is 64.8. The van der Waals surface area contributed by atoms with E-state index >= 15 is 28.8 Å². The quantitative estimate of drug-likeness (QED) is 0.122. The number of likely N-dealkylation sites (tertiary alicyclic amines) is 1. The molecule has 2 fully saturated rings. The van der Waals surface area contributed by atoms with E-state index in [2.05, 4.69) is 31.3 Å². The van der Waals surface area contributed by atoms with Crippen molar-refractivity contribution in [2.75, 3.05) is 68.5 Å². The Balaban J connectivity index is 2.00. The first-order valence-corrected chi connectivity index (χ1v) is 36.2. The number of hydrogen-bond acceptors (Lipinski definition) is 15. The number of nitrogens with zero attached hydrogens (tertiary/aromatic N) is 7. The van der Waals surface area contributed by atoms with Gasteiger partial charge in [-0.1, -0.05) is 112 Å². The zero-order valence-electron chi connectivity index (χ0n) is 64.8. The van der Waals surface area contributed by atoms with Crippen LogP contribution in [-0.2, 0) is 75.1 Å². The molecule has 2 aromatic carbocycles. The van der Waals surface area contributed by atoms with Gasteiger partial charge in [-0.15, -0.1) is 0 Å². The van der Waals surface area contributed by atoms with E-state index in [0.29, 0.717) is 37.1 Å². The molecule has 12 amide bonds. The Morgan fingerprint density at radius 3 is 1.50 bits per heavy atom. The minimum Gasteiger partial charge on any atom is -0.435 e. The highest BCUT2D eigenvalue weighted by molar-refractivity contribution is 6.00. The molecule has 0 saturated carbocycles. The molecule has 0 radical (unpaired) electrons. The summed E-state index contributed by atoms with van der Waals surface area (Å²) >= 11 is 0. The number of hydrogen-bond donors (Lipinski definition) is 6. The van der Waals surface area contributed by atoms with Crippen molar-refractivity contribution in [3.63, 3.8) is 0 Å². The Hall–Kier alpha value is -8.34. The fraction of sp³-hybridized carbons (Fsp3) is 0.680. The van der Waals surface area contributed by atoms with E-state index in [4.69, 9.17) is 4.74 Å². The van der Waals surface area contributed by atoms with Crippen molar-refractivity contribution < 1.29 is 80.9 Å². The molecule has 4 rings (SSSR count). The number of aliphatic hydroxyl groups excluding tert-OH is 1. The number of ether oxygens (including phenoxy) is 2. The maximum atomic E-state index is 15.6.